The molecule has 1 unspecified atom stereocenters. The van der Waals surface area contributed by atoms with Crippen molar-refractivity contribution in [2.45, 2.75) is 50.6 Å². The number of guanidine groups is 1. The third kappa shape index (κ3) is 8.29. The van der Waals surface area contributed by atoms with Gasteiger partial charge in [0.05, 0.1) is 17.7 Å². The van der Waals surface area contributed by atoms with E-state index in [1.165, 1.54) is 12.1 Å². The van der Waals surface area contributed by atoms with Gasteiger partial charge < -0.3 is 15.7 Å². The van der Waals surface area contributed by atoms with E-state index < -0.39 is 17.3 Å². The maximum atomic E-state index is 12.9. The number of benzene rings is 1. The quantitative estimate of drug-likeness (QED) is 0.276. The Kier molecular flexibility index (Phi) is 10.2. The van der Waals surface area contributed by atoms with Gasteiger partial charge in [-0.1, -0.05) is 18.2 Å². The Morgan fingerprint density at radius 1 is 1.32 bits per heavy atom. The van der Waals surface area contributed by atoms with E-state index in [-0.39, 0.29) is 30.0 Å². The maximum absolute atomic E-state index is 12.9. The van der Waals surface area contributed by atoms with Crippen LogP contribution in [0, 0.1) is 0 Å². The highest BCUT2D eigenvalue weighted by molar-refractivity contribution is 14.0. The summed E-state index contributed by atoms with van der Waals surface area (Å²) in [6, 6.07) is 5.84. The van der Waals surface area contributed by atoms with E-state index in [1.54, 1.807) is 17.8 Å². The molecule has 0 saturated carbocycles. The van der Waals surface area contributed by atoms with Crippen molar-refractivity contribution >= 4 is 41.7 Å². The zero-order chi connectivity index (χ0) is 21.6. The molecule has 2 aliphatic rings. The third-order valence-electron chi connectivity index (χ3n) is 5.55. The fourth-order valence-corrected chi connectivity index (χ4v) is 5.08. The van der Waals surface area contributed by atoms with Crippen molar-refractivity contribution in [1.29, 1.82) is 0 Å². The molecule has 0 amide bonds. The van der Waals surface area contributed by atoms with Gasteiger partial charge in [0.25, 0.3) is 0 Å². The molecule has 2 fully saturated rings. The average Bonchev–Trinajstić information content (AvgIpc) is 3.14. The third-order valence-corrected chi connectivity index (χ3v) is 6.78. The van der Waals surface area contributed by atoms with Gasteiger partial charge in [-0.25, -0.2) is 0 Å². The van der Waals surface area contributed by atoms with E-state index in [4.69, 9.17) is 0 Å². The van der Waals surface area contributed by atoms with Gasteiger partial charge in [-0.05, 0) is 43.6 Å². The number of likely N-dealkylation sites (tertiary alicyclic amines) is 1. The largest absolute Gasteiger partial charge is 0.416 e. The Morgan fingerprint density at radius 2 is 2.06 bits per heavy atom. The number of halogens is 4. The molecule has 0 radical (unpaired) electrons. The molecular weight excluding hydrogens is 540 g/mol. The lowest BCUT2D eigenvalue weighted by Crippen LogP contribution is -2.49. The van der Waals surface area contributed by atoms with Gasteiger partial charge in [-0.15, -0.1) is 24.0 Å². The number of rotatable bonds is 6. The number of nitrogens with zero attached hydrogens (tertiary/aromatic N) is 2. The van der Waals surface area contributed by atoms with Crippen LogP contribution in [0.25, 0.3) is 0 Å². The Morgan fingerprint density at radius 3 is 2.68 bits per heavy atom. The van der Waals surface area contributed by atoms with Gasteiger partial charge in [0.2, 0.25) is 0 Å². The highest BCUT2D eigenvalue weighted by Crippen LogP contribution is 2.30. The average molecular weight is 572 g/mol. The highest BCUT2D eigenvalue weighted by Gasteiger charge is 2.32. The minimum Gasteiger partial charge on any atom is -0.387 e. The van der Waals surface area contributed by atoms with Crippen molar-refractivity contribution in [2.75, 3.05) is 37.7 Å². The topological polar surface area (TPSA) is 59.9 Å². The van der Waals surface area contributed by atoms with E-state index >= 15 is 0 Å². The van der Waals surface area contributed by atoms with Gasteiger partial charge in [0, 0.05) is 38.0 Å². The van der Waals surface area contributed by atoms with Crippen molar-refractivity contribution in [1.82, 2.24) is 15.5 Å². The van der Waals surface area contributed by atoms with Crippen LogP contribution in [0.1, 0.15) is 37.3 Å². The second-order valence-electron chi connectivity index (χ2n) is 8.11. The summed E-state index contributed by atoms with van der Waals surface area (Å²) in [7, 11) is 0. The predicted molar refractivity (Wildman–Crippen MR) is 131 cm³/mol. The van der Waals surface area contributed by atoms with E-state index in [0.29, 0.717) is 18.7 Å². The van der Waals surface area contributed by atoms with Crippen molar-refractivity contribution in [3.63, 3.8) is 0 Å². The van der Waals surface area contributed by atoms with Crippen LogP contribution >= 0.6 is 35.7 Å². The zero-order valence-corrected chi connectivity index (χ0v) is 20.9. The molecule has 1 aromatic carbocycles. The van der Waals surface area contributed by atoms with Crippen LogP contribution in [-0.4, -0.2) is 65.3 Å². The van der Waals surface area contributed by atoms with Crippen molar-refractivity contribution in [3.8, 4) is 0 Å². The van der Waals surface area contributed by atoms with Crippen LogP contribution in [0.2, 0.25) is 0 Å². The summed E-state index contributed by atoms with van der Waals surface area (Å²) < 4.78 is 38.7. The molecule has 2 heterocycles. The van der Waals surface area contributed by atoms with Crippen LogP contribution in [0.3, 0.4) is 0 Å². The molecule has 31 heavy (non-hydrogen) atoms. The molecule has 0 spiro atoms. The van der Waals surface area contributed by atoms with E-state index in [2.05, 4.69) is 20.5 Å². The molecule has 1 aromatic rings. The molecule has 10 heteroatoms. The zero-order valence-electron chi connectivity index (χ0n) is 17.7. The monoisotopic (exact) mass is 572 g/mol. The number of hydrogen-bond acceptors (Lipinski definition) is 4. The minimum absolute atomic E-state index is 0. The first-order chi connectivity index (χ1) is 14.3. The summed E-state index contributed by atoms with van der Waals surface area (Å²) in [6.07, 6.45) is -1.75. The number of hydrogen-bond donors (Lipinski definition) is 3. The first-order valence-corrected chi connectivity index (χ1v) is 11.7. The highest BCUT2D eigenvalue weighted by atomic mass is 127. The molecule has 3 rings (SSSR count). The Hall–Kier alpha value is -0.720. The predicted octanol–water partition coefficient (Wildman–Crippen LogP) is 3.71. The van der Waals surface area contributed by atoms with Crippen molar-refractivity contribution in [2.24, 2.45) is 4.99 Å². The molecule has 1 atom stereocenters. The molecule has 0 aromatic heterocycles. The number of alkyl halides is 3. The summed E-state index contributed by atoms with van der Waals surface area (Å²) >= 11 is 1.76. The van der Waals surface area contributed by atoms with Crippen LogP contribution in [0.15, 0.2) is 29.3 Å². The summed E-state index contributed by atoms with van der Waals surface area (Å²) in [5, 5.41) is 17.2. The minimum atomic E-state index is -4.31. The lowest BCUT2D eigenvalue weighted by Gasteiger charge is -2.33. The first kappa shape index (κ1) is 26.5. The summed E-state index contributed by atoms with van der Waals surface area (Å²) in [5.41, 5.74) is -0.611. The molecule has 0 aliphatic carbocycles. The second-order valence-corrected chi connectivity index (χ2v) is 9.22. The van der Waals surface area contributed by atoms with Crippen LogP contribution < -0.4 is 10.6 Å². The Labute approximate surface area is 203 Å². The number of nitrogens with one attached hydrogen (secondary N) is 2. The van der Waals surface area contributed by atoms with Gasteiger partial charge in [-0.3, -0.25) is 9.89 Å². The van der Waals surface area contributed by atoms with E-state index in [1.807, 2.05) is 6.92 Å². The molecule has 176 valence electrons. The van der Waals surface area contributed by atoms with Crippen molar-refractivity contribution in [3.05, 3.63) is 35.4 Å². The maximum Gasteiger partial charge on any atom is 0.416 e. The number of piperidine rings is 1. The smallest absolute Gasteiger partial charge is 0.387 e. The van der Waals surface area contributed by atoms with Gasteiger partial charge in [0.15, 0.2) is 5.96 Å². The number of aliphatic imine (C=N–C) groups is 1. The van der Waals surface area contributed by atoms with Gasteiger partial charge >= 0.3 is 6.18 Å². The summed E-state index contributed by atoms with van der Waals surface area (Å²) in [6.45, 7) is 5.30. The summed E-state index contributed by atoms with van der Waals surface area (Å²) in [5.74, 6) is 2.42. The number of aliphatic hydroxyl groups is 1. The van der Waals surface area contributed by atoms with Crippen LogP contribution in [-0.2, 0) is 12.7 Å². The van der Waals surface area contributed by atoms with Crippen molar-refractivity contribution < 1.29 is 18.3 Å². The molecule has 0 bridgehead atoms. The fraction of sp³-hybridized carbons (Fsp3) is 0.667. The van der Waals surface area contributed by atoms with E-state index in [0.717, 1.165) is 62.4 Å². The lowest BCUT2D eigenvalue weighted by molar-refractivity contribution is -0.137. The number of thioether (sulfide) groups is 1. The van der Waals surface area contributed by atoms with E-state index in [9.17, 15) is 18.3 Å². The summed E-state index contributed by atoms with van der Waals surface area (Å²) in [4.78, 5) is 6.78. The molecule has 2 saturated heterocycles. The normalized spacial score (nSPS) is 23.5. The standard InChI is InChI=1S/C21H31F3N4OS.HI/c1-2-25-19(26-14-20(29)8-11-30-15-20)27-18-6-9-28(10-7-18)13-16-4-3-5-17(12-16)21(22,23)24;/h3-5,12,18,29H,2,6-11,13-15H2,1H3,(H2,25,26,27);1H. The SMILES string of the molecule is CCNC(=NCC1(O)CCSC1)NC1CCN(Cc2cccc(C(F)(F)F)c2)CC1.I. The fourth-order valence-electron chi connectivity index (χ4n) is 3.80. The van der Waals surface area contributed by atoms with Crippen LogP contribution in [0.4, 0.5) is 13.2 Å². The van der Waals surface area contributed by atoms with Crippen LogP contribution in [0.5, 0.6) is 0 Å². The van der Waals surface area contributed by atoms with Gasteiger partial charge in [0.1, 0.15) is 0 Å². The Balaban J connectivity index is 0.00000341. The second kappa shape index (κ2) is 11.9. The molecule has 2 aliphatic heterocycles. The molecule has 5 nitrogen and oxygen atoms in total. The Bertz CT molecular complexity index is 721. The molecule has 3 N–H and O–H groups in total. The first-order valence-electron chi connectivity index (χ1n) is 10.5. The molecular formula is C21H32F3IN4OS. The lowest BCUT2D eigenvalue weighted by atomic mass is 10.0. The van der Waals surface area contributed by atoms with Gasteiger partial charge in [-0.2, -0.15) is 24.9 Å².